The Balaban J connectivity index is 2.89. The fourth-order valence-corrected chi connectivity index (χ4v) is 1.39. The minimum atomic E-state index is 0.535. The number of hydrogen-bond donors (Lipinski definition) is 0. The lowest BCUT2D eigenvalue weighted by Gasteiger charge is -1.98. The van der Waals surface area contributed by atoms with Gasteiger partial charge in [0.05, 0.1) is 11.4 Å². The standard InChI is InChI=1S/C9H10ClN3/c1-5-4-8-11-6(2)7(3)13(8)12-9(5)10/h4H,1-3H3. The molecule has 0 atom stereocenters. The molecule has 2 heterocycles. The monoisotopic (exact) mass is 195 g/mol. The third kappa shape index (κ3) is 1.20. The fourth-order valence-electron chi connectivity index (χ4n) is 1.26. The number of nitrogens with zero attached hydrogens (tertiary/aromatic N) is 3. The van der Waals surface area contributed by atoms with E-state index in [9.17, 15) is 0 Å². The second-order valence-corrected chi connectivity index (χ2v) is 3.53. The van der Waals surface area contributed by atoms with Crippen LogP contribution in [0.3, 0.4) is 0 Å². The molecule has 0 unspecified atom stereocenters. The molecule has 0 aromatic carbocycles. The second kappa shape index (κ2) is 2.70. The molecular formula is C9H10ClN3. The molecule has 0 bridgehead atoms. The molecule has 68 valence electrons. The van der Waals surface area contributed by atoms with Crippen molar-refractivity contribution in [1.29, 1.82) is 0 Å². The molecule has 0 saturated heterocycles. The van der Waals surface area contributed by atoms with Gasteiger partial charge in [0.15, 0.2) is 10.8 Å². The Hall–Kier alpha value is -1.09. The van der Waals surface area contributed by atoms with Crippen LogP contribution in [0.15, 0.2) is 6.07 Å². The smallest absolute Gasteiger partial charge is 0.154 e. The maximum absolute atomic E-state index is 5.91. The predicted molar refractivity (Wildman–Crippen MR) is 52.2 cm³/mol. The van der Waals surface area contributed by atoms with Gasteiger partial charge in [0, 0.05) is 0 Å². The molecule has 13 heavy (non-hydrogen) atoms. The molecule has 0 aliphatic rings. The number of aryl methyl sites for hydroxylation is 3. The van der Waals surface area contributed by atoms with Gasteiger partial charge in [-0.1, -0.05) is 11.6 Å². The Morgan fingerprint density at radius 1 is 1.31 bits per heavy atom. The summed E-state index contributed by atoms with van der Waals surface area (Å²) in [7, 11) is 0. The Labute approximate surface area is 81.4 Å². The highest BCUT2D eigenvalue weighted by Gasteiger charge is 2.07. The summed E-state index contributed by atoms with van der Waals surface area (Å²) in [5.41, 5.74) is 3.85. The van der Waals surface area contributed by atoms with Crippen LogP contribution in [0.2, 0.25) is 5.15 Å². The lowest BCUT2D eigenvalue weighted by Crippen LogP contribution is -1.95. The van der Waals surface area contributed by atoms with Gasteiger partial charge in [0.2, 0.25) is 0 Å². The van der Waals surface area contributed by atoms with Crippen molar-refractivity contribution in [3.05, 3.63) is 28.2 Å². The molecule has 2 aromatic rings. The molecule has 2 rings (SSSR count). The molecule has 4 heteroatoms. The van der Waals surface area contributed by atoms with Gasteiger partial charge in [0.25, 0.3) is 0 Å². The maximum atomic E-state index is 5.91. The van der Waals surface area contributed by atoms with Gasteiger partial charge in [-0.2, -0.15) is 5.10 Å². The van der Waals surface area contributed by atoms with E-state index in [2.05, 4.69) is 10.1 Å². The molecular weight excluding hydrogens is 186 g/mol. The van der Waals surface area contributed by atoms with Crippen molar-refractivity contribution in [2.24, 2.45) is 0 Å². The molecule has 0 saturated carbocycles. The number of fused-ring (bicyclic) bond motifs is 1. The summed E-state index contributed by atoms with van der Waals surface area (Å²) in [6.45, 7) is 5.87. The molecule has 0 fully saturated rings. The van der Waals surface area contributed by atoms with Crippen molar-refractivity contribution in [2.45, 2.75) is 20.8 Å². The average molecular weight is 196 g/mol. The van der Waals surface area contributed by atoms with Crippen molar-refractivity contribution in [3.8, 4) is 0 Å². The highest BCUT2D eigenvalue weighted by Crippen LogP contribution is 2.16. The predicted octanol–water partition coefficient (Wildman–Crippen LogP) is 2.31. The first kappa shape index (κ1) is 8.51. The molecule has 3 nitrogen and oxygen atoms in total. The highest BCUT2D eigenvalue weighted by molar-refractivity contribution is 6.30. The minimum Gasteiger partial charge on any atom is -0.232 e. The zero-order valence-corrected chi connectivity index (χ0v) is 8.55. The van der Waals surface area contributed by atoms with E-state index in [0.29, 0.717) is 5.15 Å². The number of aromatic nitrogens is 3. The number of hydrogen-bond acceptors (Lipinski definition) is 2. The van der Waals surface area contributed by atoms with Crippen LogP contribution in [-0.4, -0.2) is 14.6 Å². The zero-order valence-electron chi connectivity index (χ0n) is 7.80. The summed E-state index contributed by atoms with van der Waals surface area (Å²) < 4.78 is 1.77. The van der Waals surface area contributed by atoms with E-state index in [1.807, 2.05) is 26.8 Å². The summed E-state index contributed by atoms with van der Waals surface area (Å²) in [6.07, 6.45) is 0. The first-order chi connectivity index (χ1) is 6.09. The normalized spacial score (nSPS) is 11.1. The van der Waals surface area contributed by atoms with E-state index < -0.39 is 0 Å². The lowest BCUT2D eigenvalue weighted by atomic mass is 10.3. The van der Waals surface area contributed by atoms with Gasteiger partial charge in [-0.15, -0.1) is 0 Å². The second-order valence-electron chi connectivity index (χ2n) is 3.17. The maximum Gasteiger partial charge on any atom is 0.154 e. The van der Waals surface area contributed by atoms with Gasteiger partial charge in [-0.05, 0) is 32.4 Å². The Kier molecular flexibility index (Phi) is 1.77. The fraction of sp³-hybridized carbons (Fsp3) is 0.333. The van der Waals surface area contributed by atoms with Gasteiger partial charge < -0.3 is 0 Å². The van der Waals surface area contributed by atoms with Crippen molar-refractivity contribution in [2.75, 3.05) is 0 Å². The molecule has 2 aromatic heterocycles. The van der Waals surface area contributed by atoms with E-state index >= 15 is 0 Å². The minimum absolute atomic E-state index is 0.535. The van der Waals surface area contributed by atoms with Crippen LogP contribution in [-0.2, 0) is 0 Å². The van der Waals surface area contributed by atoms with Crippen molar-refractivity contribution in [1.82, 2.24) is 14.6 Å². The van der Waals surface area contributed by atoms with Gasteiger partial charge in [-0.3, -0.25) is 0 Å². The Morgan fingerprint density at radius 3 is 2.69 bits per heavy atom. The lowest BCUT2D eigenvalue weighted by molar-refractivity contribution is 0.889. The first-order valence-corrected chi connectivity index (χ1v) is 4.46. The summed E-state index contributed by atoms with van der Waals surface area (Å²) >= 11 is 5.91. The highest BCUT2D eigenvalue weighted by atomic mass is 35.5. The molecule has 0 spiro atoms. The molecule has 0 aliphatic carbocycles. The third-order valence-corrected chi connectivity index (χ3v) is 2.57. The number of imidazole rings is 1. The van der Waals surface area contributed by atoms with Crippen LogP contribution in [0, 0.1) is 20.8 Å². The van der Waals surface area contributed by atoms with Crippen LogP contribution < -0.4 is 0 Å². The van der Waals surface area contributed by atoms with Crippen LogP contribution in [0.4, 0.5) is 0 Å². The summed E-state index contributed by atoms with van der Waals surface area (Å²) in [5, 5.41) is 4.75. The molecule has 0 aliphatic heterocycles. The Morgan fingerprint density at radius 2 is 2.00 bits per heavy atom. The van der Waals surface area contributed by atoms with E-state index in [1.54, 1.807) is 4.52 Å². The van der Waals surface area contributed by atoms with Crippen molar-refractivity contribution >= 4 is 17.2 Å². The number of rotatable bonds is 0. The van der Waals surface area contributed by atoms with Gasteiger partial charge in [0.1, 0.15) is 0 Å². The van der Waals surface area contributed by atoms with Crippen molar-refractivity contribution < 1.29 is 0 Å². The van der Waals surface area contributed by atoms with E-state index in [-0.39, 0.29) is 0 Å². The van der Waals surface area contributed by atoms with Gasteiger partial charge in [-0.25, -0.2) is 9.50 Å². The van der Waals surface area contributed by atoms with Crippen LogP contribution in [0.1, 0.15) is 17.0 Å². The quantitative estimate of drug-likeness (QED) is 0.646. The Bertz CT molecular complexity index is 473. The zero-order chi connectivity index (χ0) is 9.59. The van der Waals surface area contributed by atoms with Crippen LogP contribution >= 0.6 is 11.6 Å². The summed E-state index contributed by atoms with van der Waals surface area (Å²) in [6, 6.07) is 1.94. The summed E-state index contributed by atoms with van der Waals surface area (Å²) in [5.74, 6) is 0. The number of halogens is 1. The van der Waals surface area contributed by atoms with Gasteiger partial charge >= 0.3 is 0 Å². The summed E-state index contributed by atoms with van der Waals surface area (Å²) in [4.78, 5) is 4.36. The van der Waals surface area contributed by atoms with Crippen LogP contribution in [0.5, 0.6) is 0 Å². The van der Waals surface area contributed by atoms with E-state index in [1.165, 1.54) is 0 Å². The molecule has 0 amide bonds. The SMILES string of the molecule is Cc1cc2nc(C)c(C)n2nc1Cl. The van der Waals surface area contributed by atoms with E-state index in [4.69, 9.17) is 11.6 Å². The largest absolute Gasteiger partial charge is 0.232 e. The molecule has 0 N–H and O–H groups in total. The van der Waals surface area contributed by atoms with E-state index in [0.717, 1.165) is 22.6 Å². The topological polar surface area (TPSA) is 30.2 Å². The first-order valence-electron chi connectivity index (χ1n) is 4.08. The molecule has 0 radical (unpaired) electrons. The van der Waals surface area contributed by atoms with Crippen LogP contribution in [0.25, 0.3) is 5.65 Å². The average Bonchev–Trinajstić information content (AvgIpc) is 2.32. The third-order valence-electron chi connectivity index (χ3n) is 2.20. The van der Waals surface area contributed by atoms with Crippen molar-refractivity contribution in [3.63, 3.8) is 0 Å².